The summed E-state index contributed by atoms with van der Waals surface area (Å²) < 4.78 is 14.8. The number of carbonyl (C=O) groups is 2. The Labute approximate surface area is 145 Å². The zero-order valence-electron chi connectivity index (χ0n) is 14.7. The van der Waals surface area contributed by atoms with E-state index in [2.05, 4.69) is 10.4 Å². The molecule has 1 aromatic heterocycles. The van der Waals surface area contributed by atoms with Gasteiger partial charge in [-0.15, -0.1) is 0 Å². The molecule has 0 radical (unpaired) electrons. The van der Waals surface area contributed by atoms with Crippen LogP contribution in [0.4, 0.5) is 4.39 Å². The minimum absolute atomic E-state index is 0.213. The SMILES string of the molecule is Cc1cc(C(=O)NC(CC(=O)O)c2ccc(F)cc2)nn1C(C)(C)C. The molecule has 1 heterocycles. The van der Waals surface area contributed by atoms with E-state index in [0.29, 0.717) is 5.56 Å². The van der Waals surface area contributed by atoms with Crippen LogP contribution in [0.15, 0.2) is 30.3 Å². The van der Waals surface area contributed by atoms with Gasteiger partial charge in [0.25, 0.3) is 5.91 Å². The van der Waals surface area contributed by atoms with Gasteiger partial charge in [0.1, 0.15) is 11.5 Å². The predicted molar refractivity (Wildman–Crippen MR) is 90.8 cm³/mol. The van der Waals surface area contributed by atoms with E-state index in [1.165, 1.54) is 24.3 Å². The normalized spacial score (nSPS) is 12.7. The molecule has 0 saturated heterocycles. The van der Waals surface area contributed by atoms with Gasteiger partial charge in [0, 0.05) is 5.69 Å². The van der Waals surface area contributed by atoms with Crippen molar-refractivity contribution in [3.05, 3.63) is 53.1 Å². The van der Waals surface area contributed by atoms with Crippen LogP contribution in [0.1, 0.15) is 55.0 Å². The number of carboxylic acid groups (broad SMARTS) is 1. The van der Waals surface area contributed by atoms with Gasteiger partial charge in [0.05, 0.1) is 18.0 Å². The number of carbonyl (C=O) groups excluding carboxylic acids is 1. The summed E-state index contributed by atoms with van der Waals surface area (Å²) in [5.41, 5.74) is 1.28. The Kier molecular flexibility index (Phi) is 5.25. The Hall–Kier alpha value is -2.70. The Morgan fingerprint density at radius 2 is 1.88 bits per heavy atom. The molecule has 0 aliphatic carbocycles. The minimum Gasteiger partial charge on any atom is -0.481 e. The van der Waals surface area contributed by atoms with E-state index in [1.807, 2.05) is 27.7 Å². The average molecular weight is 347 g/mol. The first-order valence-electron chi connectivity index (χ1n) is 7.93. The van der Waals surface area contributed by atoms with E-state index >= 15 is 0 Å². The number of rotatable bonds is 5. The van der Waals surface area contributed by atoms with Gasteiger partial charge >= 0.3 is 5.97 Å². The monoisotopic (exact) mass is 347 g/mol. The summed E-state index contributed by atoms with van der Waals surface area (Å²) in [6.07, 6.45) is -0.309. The first-order valence-corrected chi connectivity index (χ1v) is 7.93. The molecule has 1 aromatic carbocycles. The van der Waals surface area contributed by atoms with E-state index in [9.17, 15) is 14.0 Å². The molecule has 6 nitrogen and oxygen atoms in total. The summed E-state index contributed by atoms with van der Waals surface area (Å²) in [6.45, 7) is 7.77. The Morgan fingerprint density at radius 3 is 2.36 bits per heavy atom. The molecule has 0 saturated carbocycles. The zero-order valence-corrected chi connectivity index (χ0v) is 14.7. The van der Waals surface area contributed by atoms with Gasteiger partial charge in [-0.1, -0.05) is 12.1 Å². The van der Waals surface area contributed by atoms with E-state index in [-0.39, 0.29) is 17.7 Å². The second-order valence-electron chi connectivity index (χ2n) is 6.93. The third kappa shape index (κ3) is 4.65. The molecule has 1 atom stereocenters. The maximum Gasteiger partial charge on any atom is 0.305 e. The lowest BCUT2D eigenvalue weighted by molar-refractivity contribution is -0.137. The van der Waals surface area contributed by atoms with E-state index < -0.39 is 23.7 Å². The smallest absolute Gasteiger partial charge is 0.305 e. The van der Waals surface area contributed by atoms with Crippen LogP contribution in [0.25, 0.3) is 0 Å². The lowest BCUT2D eigenvalue weighted by Gasteiger charge is -2.21. The maximum atomic E-state index is 13.1. The second-order valence-corrected chi connectivity index (χ2v) is 6.93. The largest absolute Gasteiger partial charge is 0.481 e. The fraction of sp³-hybridized carbons (Fsp3) is 0.389. The van der Waals surface area contributed by atoms with Crippen molar-refractivity contribution in [1.82, 2.24) is 15.1 Å². The third-order valence-corrected chi connectivity index (χ3v) is 3.71. The van der Waals surface area contributed by atoms with Gasteiger partial charge in [0.15, 0.2) is 0 Å². The molecule has 2 rings (SSSR count). The molecule has 2 N–H and O–H groups in total. The van der Waals surface area contributed by atoms with Gasteiger partial charge < -0.3 is 10.4 Å². The standard InChI is InChI=1S/C18H22FN3O3/c1-11-9-15(21-22(11)18(2,3)4)17(25)20-14(10-16(23)24)12-5-7-13(19)8-6-12/h5-9,14H,10H2,1-4H3,(H,20,25)(H,23,24). The molecule has 7 heteroatoms. The highest BCUT2D eigenvalue weighted by Crippen LogP contribution is 2.20. The first kappa shape index (κ1) is 18.6. The average Bonchev–Trinajstić information content (AvgIpc) is 2.89. The Balaban J connectivity index is 2.25. The number of nitrogens with zero attached hydrogens (tertiary/aromatic N) is 2. The number of aromatic nitrogens is 2. The summed E-state index contributed by atoms with van der Waals surface area (Å²) >= 11 is 0. The van der Waals surface area contributed by atoms with Crippen molar-refractivity contribution in [2.45, 2.75) is 45.7 Å². The molecule has 0 spiro atoms. The second kappa shape index (κ2) is 7.04. The highest BCUT2D eigenvalue weighted by Gasteiger charge is 2.23. The summed E-state index contributed by atoms with van der Waals surface area (Å²) in [4.78, 5) is 23.6. The first-order chi connectivity index (χ1) is 11.6. The van der Waals surface area contributed by atoms with Gasteiger partial charge in [-0.2, -0.15) is 5.10 Å². The highest BCUT2D eigenvalue weighted by atomic mass is 19.1. The molecule has 25 heavy (non-hydrogen) atoms. The van der Waals surface area contributed by atoms with Gasteiger partial charge in [-0.05, 0) is 51.5 Å². The fourth-order valence-corrected chi connectivity index (χ4v) is 2.62. The third-order valence-electron chi connectivity index (χ3n) is 3.71. The van der Waals surface area contributed by atoms with Crippen LogP contribution in [0.2, 0.25) is 0 Å². The van der Waals surface area contributed by atoms with E-state index in [4.69, 9.17) is 5.11 Å². The number of hydrogen-bond donors (Lipinski definition) is 2. The number of halogens is 1. The van der Waals surface area contributed by atoms with Crippen LogP contribution in [0.5, 0.6) is 0 Å². The molecular weight excluding hydrogens is 325 g/mol. The van der Waals surface area contributed by atoms with Crippen molar-refractivity contribution < 1.29 is 19.1 Å². The number of amides is 1. The topological polar surface area (TPSA) is 84.2 Å². The molecular formula is C18H22FN3O3. The number of nitrogens with one attached hydrogen (secondary N) is 1. The van der Waals surface area contributed by atoms with Crippen molar-refractivity contribution >= 4 is 11.9 Å². The zero-order chi connectivity index (χ0) is 18.8. The molecule has 1 unspecified atom stereocenters. The quantitative estimate of drug-likeness (QED) is 0.871. The molecule has 0 aliphatic heterocycles. The van der Waals surface area contributed by atoms with Gasteiger partial charge in [-0.25, -0.2) is 4.39 Å². The molecule has 0 fully saturated rings. The lowest BCUT2D eigenvalue weighted by Crippen LogP contribution is -2.31. The molecule has 0 aliphatic rings. The molecule has 1 amide bonds. The number of benzene rings is 1. The van der Waals surface area contributed by atoms with Crippen LogP contribution in [0.3, 0.4) is 0 Å². The Morgan fingerprint density at radius 1 is 1.28 bits per heavy atom. The number of carboxylic acids is 1. The van der Waals surface area contributed by atoms with E-state index in [0.717, 1.165) is 5.69 Å². The summed E-state index contributed by atoms with van der Waals surface area (Å²) in [7, 11) is 0. The van der Waals surface area contributed by atoms with Gasteiger partial charge in [0.2, 0.25) is 0 Å². The molecule has 0 bridgehead atoms. The van der Waals surface area contributed by atoms with Crippen molar-refractivity contribution in [3.8, 4) is 0 Å². The molecule has 134 valence electrons. The summed E-state index contributed by atoms with van der Waals surface area (Å²) in [6, 6.07) is 6.27. The van der Waals surface area contributed by atoms with Crippen LogP contribution in [0, 0.1) is 12.7 Å². The minimum atomic E-state index is -1.06. The van der Waals surface area contributed by atoms with Crippen LogP contribution >= 0.6 is 0 Å². The predicted octanol–water partition coefficient (Wildman–Crippen LogP) is 3.03. The highest BCUT2D eigenvalue weighted by molar-refractivity contribution is 5.93. The maximum absolute atomic E-state index is 13.1. The Bertz CT molecular complexity index is 776. The van der Waals surface area contributed by atoms with Crippen molar-refractivity contribution in [2.24, 2.45) is 0 Å². The van der Waals surface area contributed by atoms with Crippen molar-refractivity contribution in [3.63, 3.8) is 0 Å². The number of hydrogen-bond acceptors (Lipinski definition) is 3. The number of aliphatic carboxylic acids is 1. The van der Waals surface area contributed by atoms with Gasteiger partial charge in [-0.3, -0.25) is 14.3 Å². The molecule has 2 aromatic rings. The van der Waals surface area contributed by atoms with Crippen molar-refractivity contribution in [2.75, 3.05) is 0 Å². The van der Waals surface area contributed by atoms with Crippen LogP contribution in [-0.4, -0.2) is 26.8 Å². The van der Waals surface area contributed by atoms with Crippen LogP contribution < -0.4 is 5.32 Å². The summed E-state index contributed by atoms with van der Waals surface area (Å²) in [5.74, 6) is -1.96. The lowest BCUT2D eigenvalue weighted by atomic mass is 10.0. The van der Waals surface area contributed by atoms with Crippen molar-refractivity contribution in [1.29, 1.82) is 0 Å². The van der Waals surface area contributed by atoms with Crippen LogP contribution in [-0.2, 0) is 10.3 Å². The fourth-order valence-electron chi connectivity index (χ4n) is 2.62. The number of aryl methyl sites for hydroxylation is 1. The summed E-state index contributed by atoms with van der Waals surface area (Å²) in [5, 5.41) is 16.1. The van der Waals surface area contributed by atoms with E-state index in [1.54, 1.807) is 10.7 Å².